The monoisotopic (exact) mass is 288 g/mol. The standard InChI is InChI=1S/C17H21ClN2/c1-12(2)11-20(15-7-8-15)17-16-6-4-3-5-13(16)9-14(10-18)19-17/h3-6,9,12,15H,7-8,10-11H2,1-2H3. The lowest BCUT2D eigenvalue weighted by atomic mass is 10.1. The molecule has 1 aliphatic carbocycles. The van der Waals surface area contributed by atoms with Gasteiger partial charge in [-0.3, -0.25) is 0 Å². The van der Waals surface area contributed by atoms with E-state index >= 15 is 0 Å². The molecule has 0 N–H and O–H groups in total. The summed E-state index contributed by atoms with van der Waals surface area (Å²) in [4.78, 5) is 7.32. The number of fused-ring (bicyclic) bond motifs is 1. The van der Waals surface area contributed by atoms with Crippen LogP contribution >= 0.6 is 11.6 Å². The molecule has 0 spiro atoms. The topological polar surface area (TPSA) is 16.1 Å². The number of hydrogen-bond donors (Lipinski definition) is 0. The summed E-state index contributed by atoms with van der Waals surface area (Å²) in [6.45, 7) is 5.60. The highest BCUT2D eigenvalue weighted by molar-refractivity contribution is 6.17. The van der Waals surface area contributed by atoms with Gasteiger partial charge in [-0.2, -0.15) is 0 Å². The van der Waals surface area contributed by atoms with Gasteiger partial charge in [0.2, 0.25) is 0 Å². The van der Waals surface area contributed by atoms with E-state index in [9.17, 15) is 0 Å². The zero-order chi connectivity index (χ0) is 14.1. The largest absolute Gasteiger partial charge is 0.353 e. The molecule has 106 valence electrons. The molecule has 0 aliphatic heterocycles. The fraction of sp³-hybridized carbons (Fsp3) is 0.471. The summed E-state index contributed by atoms with van der Waals surface area (Å²) in [6.07, 6.45) is 2.57. The first-order chi connectivity index (χ1) is 9.69. The Hall–Kier alpha value is -1.28. The number of halogens is 1. The van der Waals surface area contributed by atoms with Gasteiger partial charge in [-0.05, 0) is 30.2 Å². The predicted octanol–water partition coefficient (Wildman–Crippen LogP) is 4.60. The van der Waals surface area contributed by atoms with Crippen molar-refractivity contribution in [2.75, 3.05) is 11.4 Å². The Bertz CT molecular complexity index is 605. The van der Waals surface area contributed by atoms with E-state index < -0.39 is 0 Å². The molecule has 1 aromatic heterocycles. The van der Waals surface area contributed by atoms with Crippen LogP contribution in [0.15, 0.2) is 30.3 Å². The third-order valence-electron chi connectivity index (χ3n) is 3.73. The number of anilines is 1. The van der Waals surface area contributed by atoms with E-state index in [2.05, 4.69) is 49.1 Å². The van der Waals surface area contributed by atoms with Gasteiger partial charge in [-0.1, -0.05) is 38.1 Å². The second-order valence-electron chi connectivity index (χ2n) is 6.07. The molecule has 1 aromatic carbocycles. The first kappa shape index (κ1) is 13.7. The Balaban J connectivity index is 2.11. The van der Waals surface area contributed by atoms with Gasteiger partial charge in [0.25, 0.3) is 0 Å². The van der Waals surface area contributed by atoms with E-state index in [1.165, 1.54) is 23.6 Å². The molecule has 0 bridgehead atoms. The van der Waals surface area contributed by atoms with E-state index in [-0.39, 0.29) is 0 Å². The van der Waals surface area contributed by atoms with Crippen LogP contribution in [0.2, 0.25) is 0 Å². The molecule has 2 aromatic rings. The molecule has 1 aliphatic rings. The minimum atomic E-state index is 0.470. The van der Waals surface area contributed by atoms with E-state index in [1.807, 2.05) is 0 Å². The van der Waals surface area contributed by atoms with Crippen molar-refractivity contribution >= 4 is 28.2 Å². The molecule has 1 heterocycles. The fourth-order valence-electron chi connectivity index (χ4n) is 2.71. The van der Waals surface area contributed by atoms with Crippen molar-refractivity contribution in [3.63, 3.8) is 0 Å². The molecular formula is C17H21ClN2. The smallest absolute Gasteiger partial charge is 0.137 e. The number of pyridine rings is 1. The van der Waals surface area contributed by atoms with Crippen LogP contribution in [0.4, 0.5) is 5.82 Å². The lowest BCUT2D eigenvalue weighted by Gasteiger charge is -2.27. The van der Waals surface area contributed by atoms with E-state index in [4.69, 9.17) is 16.6 Å². The van der Waals surface area contributed by atoms with Crippen molar-refractivity contribution in [1.29, 1.82) is 0 Å². The van der Waals surface area contributed by atoms with Gasteiger partial charge in [0.05, 0.1) is 11.6 Å². The summed E-state index contributed by atoms with van der Waals surface area (Å²) in [5.74, 6) is 2.23. The number of nitrogens with zero attached hydrogens (tertiary/aromatic N) is 2. The predicted molar refractivity (Wildman–Crippen MR) is 86.5 cm³/mol. The number of hydrogen-bond acceptors (Lipinski definition) is 2. The summed E-state index contributed by atoms with van der Waals surface area (Å²) in [5.41, 5.74) is 0.967. The maximum Gasteiger partial charge on any atom is 0.137 e. The molecule has 0 atom stereocenters. The minimum absolute atomic E-state index is 0.470. The van der Waals surface area contributed by atoms with Crippen molar-refractivity contribution < 1.29 is 0 Å². The Kier molecular flexibility index (Phi) is 3.84. The van der Waals surface area contributed by atoms with Crippen LogP contribution in [-0.2, 0) is 5.88 Å². The van der Waals surface area contributed by atoms with Crippen molar-refractivity contribution in [3.05, 3.63) is 36.0 Å². The molecular weight excluding hydrogens is 268 g/mol. The van der Waals surface area contributed by atoms with E-state index in [0.29, 0.717) is 17.8 Å². The lowest BCUT2D eigenvalue weighted by molar-refractivity contribution is 0.604. The molecule has 1 fully saturated rings. The molecule has 3 rings (SSSR count). The highest BCUT2D eigenvalue weighted by atomic mass is 35.5. The summed E-state index contributed by atoms with van der Waals surface area (Å²) >= 11 is 6.02. The van der Waals surface area contributed by atoms with Crippen molar-refractivity contribution in [3.8, 4) is 0 Å². The fourth-order valence-corrected chi connectivity index (χ4v) is 2.85. The van der Waals surface area contributed by atoms with E-state index in [0.717, 1.165) is 18.1 Å². The molecule has 0 saturated heterocycles. The number of benzene rings is 1. The average Bonchev–Trinajstić information content (AvgIpc) is 3.28. The lowest BCUT2D eigenvalue weighted by Crippen LogP contribution is -2.31. The Morgan fingerprint density at radius 2 is 2.05 bits per heavy atom. The second kappa shape index (κ2) is 5.61. The van der Waals surface area contributed by atoms with Crippen molar-refractivity contribution in [1.82, 2.24) is 4.98 Å². The quantitative estimate of drug-likeness (QED) is 0.748. The molecule has 0 amide bonds. The molecule has 3 heteroatoms. The van der Waals surface area contributed by atoms with Crippen molar-refractivity contribution in [2.45, 2.75) is 38.6 Å². The van der Waals surface area contributed by atoms with Crippen LogP contribution in [0.5, 0.6) is 0 Å². The first-order valence-corrected chi connectivity index (χ1v) is 7.93. The van der Waals surface area contributed by atoms with Gasteiger partial charge in [0.15, 0.2) is 0 Å². The summed E-state index contributed by atoms with van der Waals surface area (Å²) in [5, 5.41) is 2.48. The maximum absolute atomic E-state index is 6.02. The van der Waals surface area contributed by atoms with Crippen LogP contribution in [0.1, 0.15) is 32.4 Å². The maximum atomic E-state index is 6.02. The average molecular weight is 289 g/mol. The van der Waals surface area contributed by atoms with Crippen LogP contribution in [0, 0.1) is 5.92 Å². The highest BCUT2D eigenvalue weighted by Gasteiger charge is 2.31. The third-order valence-corrected chi connectivity index (χ3v) is 4.01. The third kappa shape index (κ3) is 2.76. The van der Waals surface area contributed by atoms with Gasteiger partial charge in [0, 0.05) is 18.0 Å². The van der Waals surface area contributed by atoms with Crippen LogP contribution in [0.25, 0.3) is 10.8 Å². The van der Waals surface area contributed by atoms with Gasteiger partial charge in [0.1, 0.15) is 5.82 Å². The number of alkyl halides is 1. The molecule has 0 unspecified atom stereocenters. The molecule has 0 radical (unpaired) electrons. The SMILES string of the molecule is CC(C)CN(c1nc(CCl)cc2ccccc12)C1CC1. The van der Waals surface area contributed by atoms with Gasteiger partial charge >= 0.3 is 0 Å². The molecule has 1 saturated carbocycles. The Labute approximate surface area is 125 Å². The normalized spacial score (nSPS) is 15.0. The first-order valence-electron chi connectivity index (χ1n) is 7.40. The van der Waals surface area contributed by atoms with Crippen molar-refractivity contribution in [2.24, 2.45) is 5.92 Å². The Morgan fingerprint density at radius 3 is 2.70 bits per heavy atom. The van der Waals surface area contributed by atoms with Crippen LogP contribution < -0.4 is 4.90 Å². The van der Waals surface area contributed by atoms with Gasteiger partial charge in [-0.25, -0.2) is 4.98 Å². The van der Waals surface area contributed by atoms with Crippen LogP contribution in [-0.4, -0.2) is 17.6 Å². The van der Waals surface area contributed by atoms with E-state index in [1.54, 1.807) is 0 Å². The van der Waals surface area contributed by atoms with Gasteiger partial charge < -0.3 is 4.90 Å². The Morgan fingerprint density at radius 1 is 1.30 bits per heavy atom. The summed E-state index contributed by atoms with van der Waals surface area (Å²) < 4.78 is 0. The second-order valence-corrected chi connectivity index (χ2v) is 6.34. The van der Waals surface area contributed by atoms with Gasteiger partial charge in [-0.15, -0.1) is 11.6 Å². The minimum Gasteiger partial charge on any atom is -0.353 e. The number of rotatable bonds is 5. The summed E-state index contributed by atoms with van der Waals surface area (Å²) in [6, 6.07) is 11.3. The number of aromatic nitrogens is 1. The molecule has 2 nitrogen and oxygen atoms in total. The molecule has 20 heavy (non-hydrogen) atoms. The van der Waals surface area contributed by atoms with Crippen LogP contribution in [0.3, 0.4) is 0 Å². The zero-order valence-electron chi connectivity index (χ0n) is 12.1. The zero-order valence-corrected chi connectivity index (χ0v) is 12.9. The summed E-state index contributed by atoms with van der Waals surface area (Å²) in [7, 11) is 0. The highest BCUT2D eigenvalue weighted by Crippen LogP contribution is 2.35.